The number of hydrogen-bond acceptors (Lipinski definition) is 5. The zero-order valence-electron chi connectivity index (χ0n) is 11.2. The minimum atomic E-state index is -0.998. The first-order chi connectivity index (χ1) is 9.30. The zero-order chi connectivity index (χ0) is 15.3. The van der Waals surface area contributed by atoms with Gasteiger partial charge in [-0.1, -0.05) is 0 Å². The van der Waals surface area contributed by atoms with Crippen molar-refractivity contribution in [1.29, 1.82) is 0 Å². The van der Waals surface area contributed by atoms with Gasteiger partial charge in [-0.2, -0.15) is 0 Å². The van der Waals surface area contributed by atoms with Gasteiger partial charge in [-0.25, -0.2) is 4.39 Å². The number of nitro benzene ring substituents is 1. The molecule has 1 aromatic carbocycles. The van der Waals surface area contributed by atoms with Crippen LogP contribution in [0.5, 0.6) is 5.75 Å². The number of rotatable bonds is 7. The number of carbonyl (C=O) groups is 1. The van der Waals surface area contributed by atoms with E-state index in [4.69, 9.17) is 10.5 Å². The molecule has 1 amide bonds. The summed E-state index contributed by atoms with van der Waals surface area (Å²) >= 11 is 0. The summed E-state index contributed by atoms with van der Waals surface area (Å²) in [5.41, 5.74) is 3.90. The van der Waals surface area contributed by atoms with Crippen molar-refractivity contribution in [2.75, 3.05) is 13.7 Å². The van der Waals surface area contributed by atoms with Crippen LogP contribution in [0.2, 0.25) is 0 Å². The molecule has 1 aromatic rings. The highest BCUT2D eigenvalue weighted by molar-refractivity contribution is 5.84. The Labute approximate surface area is 115 Å². The highest BCUT2D eigenvalue weighted by atomic mass is 19.1. The summed E-state index contributed by atoms with van der Waals surface area (Å²) in [4.78, 5) is 21.4. The molecule has 0 fully saturated rings. The van der Waals surface area contributed by atoms with Gasteiger partial charge in [0.15, 0.2) is 5.75 Å². The van der Waals surface area contributed by atoms with Crippen LogP contribution in [0.15, 0.2) is 18.2 Å². The number of primary amides is 1. The van der Waals surface area contributed by atoms with Gasteiger partial charge in [-0.15, -0.1) is 0 Å². The molecule has 110 valence electrons. The highest BCUT2D eigenvalue weighted by Crippen LogP contribution is 2.27. The lowest BCUT2D eigenvalue weighted by Crippen LogP contribution is -2.52. The molecular formula is C12H16FN3O4. The third-order valence-corrected chi connectivity index (χ3v) is 3.07. The zero-order valence-corrected chi connectivity index (χ0v) is 11.2. The quantitative estimate of drug-likeness (QED) is 0.573. The van der Waals surface area contributed by atoms with E-state index in [0.717, 1.165) is 18.2 Å². The molecule has 7 nitrogen and oxygen atoms in total. The van der Waals surface area contributed by atoms with Crippen LogP contribution < -0.4 is 15.8 Å². The normalized spacial score (nSPS) is 13.6. The van der Waals surface area contributed by atoms with E-state index in [9.17, 15) is 19.3 Å². The van der Waals surface area contributed by atoms with Gasteiger partial charge in [-0.3, -0.25) is 14.9 Å². The SMILES string of the molecule is CNC(C)(CCOc1cc(F)ccc1[N+](=O)[O-])C(N)=O. The number of nitrogens with two attached hydrogens (primary N) is 1. The largest absolute Gasteiger partial charge is 0.487 e. The second kappa shape index (κ2) is 6.29. The molecule has 0 aliphatic heterocycles. The Hall–Kier alpha value is -2.22. The maximum absolute atomic E-state index is 13.1. The molecular weight excluding hydrogens is 269 g/mol. The smallest absolute Gasteiger partial charge is 0.311 e. The second-order valence-electron chi connectivity index (χ2n) is 4.41. The molecule has 3 N–H and O–H groups in total. The lowest BCUT2D eigenvalue weighted by molar-refractivity contribution is -0.385. The number of likely N-dealkylation sites (N-methyl/N-ethyl adjacent to an activating group) is 1. The van der Waals surface area contributed by atoms with Crippen LogP contribution in [0.1, 0.15) is 13.3 Å². The van der Waals surface area contributed by atoms with Crippen LogP contribution in [0, 0.1) is 15.9 Å². The molecule has 0 saturated heterocycles. The molecule has 20 heavy (non-hydrogen) atoms. The predicted molar refractivity (Wildman–Crippen MR) is 69.8 cm³/mol. The van der Waals surface area contributed by atoms with Gasteiger partial charge >= 0.3 is 5.69 Å². The van der Waals surface area contributed by atoms with Gasteiger partial charge in [-0.05, 0) is 20.0 Å². The summed E-state index contributed by atoms with van der Waals surface area (Å²) in [5, 5.41) is 13.5. The number of nitro groups is 1. The van der Waals surface area contributed by atoms with Gasteiger partial charge in [0.25, 0.3) is 0 Å². The molecule has 0 spiro atoms. The first-order valence-corrected chi connectivity index (χ1v) is 5.85. The molecule has 1 atom stereocenters. The number of ether oxygens (including phenoxy) is 1. The van der Waals surface area contributed by atoms with Crippen molar-refractivity contribution in [3.05, 3.63) is 34.1 Å². The molecule has 0 aromatic heterocycles. The van der Waals surface area contributed by atoms with E-state index in [1.54, 1.807) is 14.0 Å². The highest BCUT2D eigenvalue weighted by Gasteiger charge is 2.29. The predicted octanol–water partition coefficient (Wildman–Crippen LogP) is 0.966. The van der Waals surface area contributed by atoms with Crippen molar-refractivity contribution in [2.45, 2.75) is 18.9 Å². The van der Waals surface area contributed by atoms with Crippen molar-refractivity contribution in [2.24, 2.45) is 5.73 Å². The topological polar surface area (TPSA) is 107 Å². The molecule has 8 heteroatoms. The van der Waals surface area contributed by atoms with E-state index in [1.807, 2.05) is 0 Å². The third-order valence-electron chi connectivity index (χ3n) is 3.07. The fourth-order valence-corrected chi connectivity index (χ4v) is 1.49. The van der Waals surface area contributed by atoms with Crippen LogP contribution in [0.3, 0.4) is 0 Å². The fraction of sp³-hybridized carbons (Fsp3) is 0.417. The molecule has 0 radical (unpaired) electrons. The van der Waals surface area contributed by atoms with E-state index >= 15 is 0 Å². The number of hydrogen-bond donors (Lipinski definition) is 2. The van der Waals surface area contributed by atoms with Crippen LogP contribution >= 0.6 is 0 Å². The van der Waals surface area contributed by atoms with E-state index in [-0.39, 0.29) is 24.5 Å². The Morgan fingerprint density at radius 2 is 2.25 bits per heavy atom. The standard InChI is InChI=1S/C12H16FN3O4/c1-12(15-2,11(14)17)5-6-20-10-7-8(13)3-4-9(10)16(18)19/h3-4,7,15H,5-6H2,1-2H3,(H2,14,17). The van der Waals surface area contributed by atoms with E-state index < -0.39 is 22.2 Å². The van der Waals surface area contributed by atoms with E-state index in [0.29, 0.717) is 0 Å². The van der Waals surface area contributed by atoms with Crippen molar-refractivity contribution in [3.63, 3.8) is 0 Å². The lowest BCUT2D eigenvalue weighted by atomic mass is 9.98. The molecule has 0 aliphatic rings. The first-order valence-electron chi connectivity index (χ1n) is 5.85. The first kappa shape index (κ1) is 15.8. The van der Waals surface area contributed by atoms with Gasteiger partial charge in [0.05, 0.1) is 17.1 Å². The van der Waals surface area contributed by atoms with Gasteiger partial charge in [0.1, 0.15) is 5.82 Å². The van der Waals surface area contributed by atoms with Crippen molar-refractivity contribution in [3.8, 4) is 5.75 Å². The summed E-state index contributed by atoms with van der Waals surface area (Å²) in [6.45, 7) is 1.56. The van der Waals surface area contributed by atoms with Crippen LogP contribution in [-0.4, -0.2) is 30.0 Å². The molecule has 0 aliphatic carbocycles. The second-order valence-corrected chi connectivity index (χ2v) is 4.41. The summed E-state index contributed by atoms with van der Waals surface area (Å²) in [7, 11) is 1.56. The molecule has 1 unspecified atom stereocenters. The number of carbonyl (C=O) groups excluding carboxylic acids is 1. The molecule has 1 rings (SSSR count). The fourth-order valence-electron chi connectivity index (χ4n) is 1.49. The van der Waals surface area contributed by atoms with Crippen LogP contribution in [0.25, 0.3) is 0 Å². The lowest BCUT2D eigenvalue weighted by Gasteiger charge is -2.25. The van der Waals surface area contributed by atoms with Gasteiger partial charge < -0.3 is 15.8 Å². The summed E-state index contributed by atoms with van der Waals surface area (Å²) in [5.74, 6) is -1.40. The Bertz CT molecular complexity index is 523. The maximum atomic E-state index is 13.1. The van der Waals surface area contributed by atoms with Gasteiger partial charge in [0.2, 0.25) is 5.91 Å². The number of nitrogens with one attached hydrogen (secondary N) is 1. The van der Waals surface area contributed by atoms with E-state index in [1.165, 1.54) is 0 Å². The van der Waals surface area contributed by atoms with Crippen molar-refractivity contribution < 1.29 is 18.8 Å². The Kier molecular flexibility index (Phi) is 4.98. The van der Waals surface area contributed by atoms with Crippen molar-refractivity contribution >= 4 is 11.6 Å². The average Bonchev–Trinajstić information content (AvgIpc) is 2.38. The maximum Gasteiger partial charge on any atom is 0.311 e. The van der Waals surface area contributed by atoms with E-state index in [2.05, 4.69) is 5.32 Å². The number of amides is 1. The minimum Gasteiger partial charge on any atom is -0.487 e. The summed E-state index contributed by atoms with van der Waals surface area (Å²) < 4.78 is 18.3. The molecule has 0 heterocycles. The summed E-state index contributed by atoms with van der Waals surface area (Å²) in [6, 6.07) is 2.93. The summed E-state index contributed by atoms with van der Waals surface area (Å²) in [6.07, 6.45) is 0.187. The monoisotopic (exact) mass is 285 g/mol. The minimum absolute atomic E-state index is 0.0232. The third kappa shape index (κ3) is 3.64. The van der Waals surface area contributed by atoms with Crippen LogP contribution in [-0.2, 0) is 4.79 Å². The number of halogens is 1. The number of benzene rings is 1. The average molecular weight is 285 g/mol. The Balaban J connectivity index is 2.78. The molecule has 0 bridgehead atoms. The molecule has 0 saturated carbocycles. The van der Waals surface area contributed by atoms with Crippen LogP contribution in [0.4, 0.5) is 10.1 Å². The van der Waals surface area contributed by atoms with Crippen molar-refractivity contribution in [1.82, 2.24) is 5.32 Å². The Morgan fingerprint density at radius 3 is 2.75 bits per heavy atom. The van der Waals surface area contributed by atoms with Gasteiger partial charge in [0, 0.05) is 18.6 Å². The Morgan fingerprint density at radius 1 is 1.60 bits per heavy atom. The number of nitrogens with zero attached hydrogens (tertiary/aromatic N) is 1.